The van der Waals surface area contributed by atoms with Crippen LogP contribution in [0.5, 0.6) is 5.75 Å². The maximum Gasteiger partial charge on any atom is 0.254 e. The molecule has 2 N–H and O–H groups in total. The Morgan fingerprint density at radius 3 is 2.84 bits per heavy atom. The van der Waals surface area contributed by atoms with Crippen LogP contribution in [0.4, 0.5) is 4.39 Å². The summed E-state index contributed by atoms with van der Waals surface area (Å²) in [5.41, 5.74) is -0.145. The molecule has 0 saturated heterocycles. The van der Waals surface area contributed by atoms with Crippen molar-refractivity contribution in [2.24, 2.45) is 0 Å². The van der Waals surface area contributed by atoms with E-state index >= 15 is 0 Å². The number of nitrogens with one attached hydrogen (secondary N) is 1. The number of rotatable bonds is 3. The highest BCUT2D eigenvalue weighted by molar-refractivity contribution is 5.94. The zero-order chi connectivity index (χ0) is 14.0. The predicted octanol–water partition coefficient (Wildman–Crippen LogP) is 2.32. The summed E-state index contributed by atoms with van der Waals surface area (Å²) in [6, 6.07) is 2.87. The van der Waals surface area contributed by atoms with Crippen LogP contribution in [-0.4, -0.2) is 16.0 Å². The quantitative estimate of drug-likeness (QED) is 0.892. The fourth-order valence-electron chi connectivity index (χ4n) is 1.60. The maximum atomic E-state index is 13.5. The van der Waals surface area contributed by atoms with Gasteiger partial charge < -0.3 is 14.8 Å². The maximum absolute atomic E-state index is 13.5. The Balaban J connectivity index is 2.12. The van der Waals surface area contributed by atoms with Gasteiger partial charge in [0.1, 0.15) is 23.4 Å². The first-order valence-corrected chi connectivity index (χ1v) is 5.69. The van der Waals surface area contributed by atoms with Gasteiger partial charge in [-0.25, -0.2) is 9.37 Å². The van der Waals surface area contributed by atoms with Crippen molar-refractivity contribution in [3.63, 3.8) is 0 Å². The van der Waals surface area contributed by atoms with Gasteiger partial charge in [0.2, 0.25) is 5.89 Å². The second-order valence-corrected chi connectivity index (χ2v) is 4.17. The third-order valence-corrected chi connectivity index (χ3v) is 2.55. The standard InChI is InChI=1S/C13H13FN2O3/c1-7-6-15-13(19-7)8(2)16-12(18)10-4-3-9(17)5-11(10)14/h3-6,8,17H,1-2H3,(H,16,18). The minimum absolute atomic E-state index is 0.145. The zero-order valence-corrected chi connectivity index (χ0v) is 10.5. The van der Waals surface area contributed by atoms with Crippen molar-refractivity contribution in [1.29, 1.82) is 0 Å². The van der Waals surface area contributed by atoms with Gasteiger partial charge in [-0.1, -0.05) is 0 Å². The number of halogens is 1. The van der Waals surface area contributed by atoms with Gasteiger partial charge in [-0.2, -0.15) is 0 Å². The Bertz CT molecular complexity index is 610. The number of nitrogens with zero attached hydrogens (tertiary/aromatic N) is 1. The third-order valence-electron chi connectivity index (χ3n) is 2.55. The number of carbonyl (C=O) groups is 1. The number of phenolic OH excluding ortho intramolecular Hbond substituents is 1. The summed E-state index contributed by atoms with van der Waals surface area (Å²) >= 11 is 0. The summed E-state index contributed by atoms with van der Waals surface area (Å²) in [5, 5.41) is 11.7. The number of hydrogen-bond acceptors (Lipinski definition) is 4. The molecule has 1 aromatic heterocycles. The molecular formula is C13H13FN2O3. The molecule has 1 unspecified atom stereocenters. The molecule has 1 heterocycles. The van der Waals surface area contributed by atoms with Crippen LogP contribution in [0, 0.1) is 12.7 Å². The lowest BCUT2D eigenvalue weighted by atomic mass is 10.1. The van der Waals surface area contributed by atoms with Crippen molar-refractivity contribution in [2.75, 3.05) is 0 Å². The van der Waals surface area contributed by atoms with Gasteiger partial charge >= 0.3 is 0 Å². The molecule has 0 aliphatic heterocycles. The minimum Gasteiger partial charge on any atom is -0.508 e. The molecule has 0 radical (unpaired) electrons. The monoisotopic (exact) mass is 264 g/mol. The van der Waals surface area contributed by atoms with Crippen molar-refractivity contribution < 1.29 is 18.7 Å². The fraction of sp³-hybridized carbons (Fsp3) is 0.231. The number of oxazole rings is 1. The van der Waals surface area contributed by atoms with Crippen LogP contribution in [-0.2, 0) is 0 Å². The van der Waals surface area contributed by atoms with E-state index in [0.29, 0.717) is 11.7 Å². The Kier molecular flexibility index (Phi) is 3.50. The molecule has 0 bridgehead atoms. The number of amides is 1. The molecule has 6 heteroatoms. The zero-order valence-electron chi connectivity index (χ0n) is 10.5. The van der Waals surface area contributed by atoms with Crippen molar-refractivity contribution in [3.05, 3.63) is 47.4 Å². The van der Waals surface area contributed by atoms with Crippen LogP contribution >= 0.6 is 0 Å². The summed E-state index contributed by atoms with van der Waals surface area (Å²) in [7, 11) is 0. The van der Waals surface area contributed by atoms with E-state index in [4.69, 9.17) is 9.52 Å². The fourth-order valence-corrected chi connectivity index (χ4v) is 1.60. The molecule has 19 heavy (non-hydrogen) atoms. The van der Waals surface area contributed by atoms with E-state index < -0.39 is 17.8 Å². The van der Waals surface area contributed by atoms with Crippen LogP contribution < -0.4 is 5.32 Å². The second kappa shape index (κ2) is 5.09. The Morgan fingerprint density at radius 1 is 1.53 bits per heavy atom. The number of aryl methyl sites for hydroxylation is 1. The van der Waals surface area contributed by atoms with Gasteiger partial charge in [0.05, 0.1) is 11.8 Å². The average molecular weight is 264 g/mol. The van der Waals surface area contributed by atoms with Crippen LogP contribution in [0.25, 0.3) is 0 Å². The van der Waals surface area contributed by atoms with E-state index in [2.05, 4.69) is 10.3 Å². The van der Waals surface area contributed by atoms with Crippen molar-refractivity contribution in [2.45, 2.75) is 19.9 Å². The first kappa shape index (κ1) is 13.1. The van der Waals surface area contributed by atoms with Crippen LogP contribution in [0.3, 0.4) is 0 Å². The summed E-state index contributed by atoms with van der Waals surface area (Å²) in [6.07, 6.45) is 1.54. The summed E-state index contributed by atoms with van der Waals surface area (Å²) in [5.74, 6) is -0.628. The van der Waals surface area contributed by atoms with E-state index in [1.54, 1.807) is 20.0 Å². The van der Waals surface area contributed by atoms with Gasteiger partial charge in [0.25, 0.3) is 5.91 Å². The molecule has 2 aromatic rings. The van der Waals surface area contributed by atoms with Gasteiger partial charge in [-0.15, -0.1) is 0 Å². The molecule has 0 saturated carbocycles. The van der Waals surface area contributed by atoms with E-state index in [1.807, 2.05) is 0 Å². The molecule has 0 spiro atoms. The number of benzene rings is 1. The Hall–Kier alpha value is -2.37. The smallest absolute Gasteiger partial charge is 0.254 e. The van der Waals surface area contributed by atoms with Gasteiger partial charge in [-0.3, -0.25) is 4.79 Å². The molecular weight excluding hydrogens is 251 g/mol. The van der Waals surface area contributed by atoms with E-state index in [0.717, 1.165) is 6.07 Å². The Labute approximate surface area is 109 Å². The first-order valence-electron chi connectivity index (χ1n) is 5.69. The highest BCUT2D eigenvalue weighted by atomic mass is 19.1. The number of carbonyl (C=O) groups excluding carboxylic acids is 1. The summed E-state index contributed by atoms with van der Waals surface area (Å²) in [6.45, 7) is 3.42. The third kappa shape index (κ3) is 2.90. The minimum atomic E-state index is -0.784. The molecule has 1 aromatic carbocycles. The topological polar surface area (TPSA) is 75.4 Å². The summed E-state index contributed by atoms with van der Waals surface area (Å²) < 4.78 is 18.8. The normalized spacial score (nSPS) is 12.2. The number of phenols is 1. The number of aromatic hydroxyl groups is 1. The molecule has 5 nitrogen and oxygen atoms in total. The highest BCUT2D eigenvalue weighted by Gasteiger charge is 2.18. The van der Waals surface area contributed by atoms with Crippen molar-refractivity contribution in [3.8, 4) is 5.75 Å². The van der Waals surface area contributed by atoms with Crippen LogP contribution in [0.1, 0.15) is 35.0 Å². The predicted molar refractivity (Wildman–Crippen MR) is 65.2 cm³/mol. The van der Waals surface area contributed by atoms with Gasteiger partial charge in [0.15, 0.2) is 0 Å². The second-order valence-electron chi connectivity index (χ2n) is 4.17. The SMILES string of the molecule is Cc1cnc(C(C)NC(=O)c2ccc(O)cc2F)o1. The van der Waals surface area contributed by atoms with Crippen LogP contribution in [0.2, 0.25) is 0 Å². The van der Waals surface area contributed by atoms with E-state index in [-0.39, 0.29) is 11.3 Å². The average Bonchev–Trinajstić information content (AvgIpc) is 2.75. The van der Waals surface area contributed by atoms with Gasteiger partial charge in [0, 0.05) is 6.07 Å². The Morgan fingerprint density at radius 2 is 2.26 bits per heavy atom. The molecule has 2 rings (SSSR count). The first-order chi connectivity index (χ1) is 8.97. The van der Waals surface area contributed by atoms with Crippen LogP contribution in [0.15, 0.2) is 28.8 Å². The highest BCUT2D eigenvalue weighted by Crippen LogP contribution is 2.17. The number of hydrogen-bond donors (Lipinski definition) is 2. The lowest BCUT2D eigenvalue weighted by Crippen LogP contribution is -2.27. The lowest BCUT2D eigenvalue weighted by molar-refractivity contribution is 0.0930. The molecule has 0 aliphatic carbocycles. The number of aromatic nitrogens is 1. The largest absolute Gasteiger partial charge is 0.508 e. The molecule has 0 fully saturated rings. The summed E-state index contributed by atoms with van der Waals surface area (Å²) in [4.78, 5) is 15.8. The van der Waals surface area contributed by atoms with Crippen molar-refractivity contribution >= 4 is 5.91 Å². The molecule has 1 atom stereocenters. The van der Waals surface area contributed by atoms with Crippen molar-refractivity contribution in [1.82, 2.24) is 10.3 Å². The lowest BCUT2D eigenvalue weighted by Gasteiger charge is -2.11. The molecule has 100 valence electrons. The molecule has 1 amide bonds. The van der Waals surface area contributed by atoms with E-state index in [9.17, 15) is 9.18 Å². The van der Waals surface area contributed by atoms with Gasteiger partial charge in [-0.05, 0) is 26.0 Å². The molecule has 0 aliphatic rings. The van der Waals surface area contributed by atoms with E-state index in [1.165, 1.54) is 12.1 Å².